The third-order valence-electron chi connectivity index (χ3n) is 3.05. The van der Waals surface area contributed by atoms with Gasteiger partial charge < -0.3 is 10.3 Å². The summed E-state index contributed by atoms with van der Waals surface area (Å²) < 4.78 is 0. The monoisotopic (exact) mass is 243 g/mol. The molecule has 1 aromatic carbocycles. The van der Waals surface area contributed by atoms with Crippen LogP contribution in [-0.4, -0.2) is 15.9 Å². The summed E-state index contributed by atoms with van der Waals surface area (Å²) in [4.78, 5) is 18.7. The number of carbonyl (C=O) groups is 1. The SMILES string of the molecule is Cc1cccc(NC(=O)CCc2cnc[nH]2)c1C. The molecular formula is C14H17N3O. The van der Waals surface area contributed by atoms with E-state index in [-0.39, 0.29) is 5.91 Å². The van der Waals surface area contributed by atoms with Gasteiger partial charge in [-0.15, -0.1) is 0 Å². The zero-order valence-corrected chi connectivity index (χ0v) is 10.7. The van der Waals surface area contributed by atoms with Crippen LogP contribution in [0.4, 0.5) is 5.69 Å². The lowest BCUT2D eigenvalue weighted by atomic mass is 10.1. The number of amides is 1. The summed E-state index contributed by atoms with van der Waals surface area (Å²) in [6.07, 6.45) is 4.50. The molecule has 0 bridgehead atoms. The van der Waals surface area contributed by atoms with Gasteiger partial charge in [-0.25, -0.2) is 4.98 Å². The first-order chi connectivity index (χ1) is 8.66. The van der Waals surface area contributed by atoms with Crippen molar-refractivity contribution in [3.63, 3.8) is 0 Å². The molecule has 2 N–H and O–H groups in total. The second-order valence-electron chi connectivity index (χ2n) is 4.37. The maximum atomic E-state index is 11.8. The van der Waals surface area contributed by atoms with Crippen LogP contribution in [-0.2, 0) is 11.2 Å². The van der Waals surface area contributed by atoms with Crippen LogP contribution in [0.3, 0.4) is 0 Å². The Kier molecular flexibility index (Phi) is 3.77. The number of aryl methyl sites for hydroxylation is 2. The fourth-order valence-electron chi connectivity index (χ4n) is 1.77. The molecule has 0 aliphatic heterocycles. The van der Waals surface area contributed by atoms with E-state index in [1.807, 2.05) is 32.0 Å². The minimum absolute atomic E-state index is 0.0262. The third kappa shape index (κ3) is 2.97. The van der Waals surface area contributed by atoms with E-state index in [4.69, 9.17) is 0 Å². The molecule has 0 spiro atoms. The Morgan fingerprint density at radius 1 is 1.39 bits per heavy atom. The van der Waals surface area contributed by atoms with Crippen molar-refractivity contribution in [2.45, 2.75) is 26.7 Å². The highest BCUT2D eigenvalue weighted by Gasteiger charge is 2.06. The Bertz CT molecular complexity index is 532. The highest BCUT2D eigenvalue weighted by Crippen LogP contribution is 2.18. The van der Waals surface area contributed by atoms with Crippen molar-refractivity contribution in [3.8, 4) is 0 Å². The molecule has 0 unspecified atom stereocenters. The second kappa shape index (κ2) is 5.49. The second-order valence-corrected chi connectivity index (χ2v) is 4.37. The number of imidazole rings is 1. The number of carbonyl (C=O) groups excluding carboxylic acids is 1. The van der Waals surface area contributed by atoms with Crippen LogP contribution < -0.4 is 5.32 Å². The van der Waals surface area contributed by atoms with Gasteiger partial charge in [0.25, 0.3) is 0 Å². The molecule has 4 nitrogen and oxygen atoms in total. The van der Waals surface area contributed by atoms with Crippen molar-refractivity contribution in [3.05, 3.63) is 47.5 Å². The Balaban J connectivity index is 1.93. The smallest absolute Gasteiger partial charge is 0.224 e. The van der Waals surface area contributed by atoms with Gasteiger partial charge in [-0.05, 0) is 37.5 Å². The molecule has 0 fully saturated rings. The standard InChI is InChI=1S/C14H17N3O/c1-10-4-3-5-13(11(10)2)17-14(18)7-6-12-8-15-9-16-12/h3-5,8-9H,6-7H2,1-2H3,(H,15,16)(H,17,18). The number of hydrogen-bond acceptors (Lipinski definition) is 2. The van der Waals surface area contributed by atoms with Gasteiger partial charge in [0.2, 0.25) is 5.91 Å². The van der Waals surface area contributed by atoms with Crippen LogP contribution >= 0.6 is 0 Å². The van der Waals surface area contributed by atoms with Gasteiger partial charge in [-0.2, -0.15) is 0 Å². The van der Waals surface area contributed by atoms with Crippen LogP contribution in [0, 0.1) is 13.8 Å². The molecular weight excluding hydrogens is 226 g/mol. The zero-order valence-electron chi connectivity index (χ0n) is 10.7. The molecule has 0 aliphatic carbocycles. The Morgan fingerprint density at radius 3 is 2.94 bits per heavy atom. The molecule has 18 heavy (non-hydrogen) atoms. The predicted molar refractivity (Wildman–Crippen MR) is 71.5 cm³/mol. The van der Waals surface area contributed by atoms with E-state index < -0.39 is 0 Å². The number of nitrogens with zero attached hydrogens (tertiary/aromatic N) is 1. The van der Waals surface area contributed by atoms with Crippen LogP contribution in [0.1, 0.15) is 23.2 Å². The van der Waals surface area contributed by atoms with E-state index in [2.05, 4.69) is 15.3 Å². The van der Waals surface area contributed by atoms with Crippen molar-refractivity contribution in [2.24, 2.45) is 0 Å². The summed E-state index contributed by atoms with van der Waals surface area (Å²) in [5.74, 6) is 0.0262. The molecule has 0 saturated heterocycles. The fourth-order valence-corrected chi connectivity index (χ4v) is 1.77. The van der Waals surface area contributed by atoms with Gasteiger partial charge in [0, 0.05) is 24.0 Å². The van der Waals surface area contributed by atoms with Crippen LogP contribution in [0.25, 0.3) is 0 Å². The van der Waals surface area contributed by atoms with Gasteiger partial charge in [-0.1, -0.05) is 12.1 Å². The largest absolute Gasteiger partial charge is 0.348 e. The van der Waals surface area contributed by atoms with Crippen LogP contribution in [0.15, 0.2) is 30.7 Å². The predicted octanol–water partition coefficient (Wildman–Crippen LogP) is 2.60. The van der Waals surface area contributed by atoms with Crippen molar-refractivity contribution in [2.75, 3.05) is 5.32 Å². The molecule has 94 valence electrons. The van der Waals surface area contributed by atoms with Gasteiger partial charge >= 0.3 is 0 Å². The van der Waals surface area contributed by atoms with Crippen molar-refractivity contribution >= 4 is 11.6 Å². The highest BCUT2D eigenvalue weighted by molar-refractivity contribution is 5.91. The van der Waals surface area contributed by atoms with E-state index in [1.165, 1.54) is 5.56 Å². The maximum absolute atomic E-state index is 11.8. The van der Waals surface area contributed by atoms with E-state index in [1.54, 1.807) is 12.5 Å². The number of H-pyrrole nitrogens is 1. The lowest BCUT2D eigenvalue weighted by molar-refractivity contribution is -0.116. The molecule has 0 radical (unpaired) electrons. The highest BCUT2D eigenvalue weighted by atomic mass is 16.1. The molecule has 1 heterocycles. The van der Waals surface area contributed by atoms with E-state index >= 15 is 0 Å². The fraction of sp³-hybridized carbons (Fsp3) is 0.286. The Labute approximate surface area is 106 Å². The number of hydrogen-bond donors (Lipinski definition) is 2. The van der Waals surface area contributed by atoms with Crippen molar-refractivity contribution in [1.29, 1.82) is 0 Å². The molecule has 1 aromatic heterocycles. The summed E-state index contributed by atoms with van der Waals surface area (Å²) in [7, 11) is 0. The normalized spacial score (nSPS) is 10.3. The lowest BCUT2D eigenvalue weighted by Gasteiger charge is -2.09. The Hall–Kier alpha value is -2.10. The first-order valence-corrected chi connectivity index (χ1v) is 6.00. The lowest BCUT2D eigenvalue weighted by Crippen LogP contribution is -2.13. The zero-order chi connectivity index (χ0) is 13.0. The van der Waals surface area contributed by atoms with Crippen molar-refractivity contribution < 1.29 is 4.79 Å². The van der Waals surface area contributed by atoms with E-state index in [0.717, 1.165) is 16.9 Å². The summed E-state index contributed by atoms with van der Waals surface area (Å²) >= 11 is 0. The molecule has 0 atom stereocenters. The van der Waals surface area contributed by atoms with Gasteiger partial charge in [0.05, 0.1) is 6.33 Å². The van der Waals surface area contributed by atoms with Gasteiger partial charge in [-0.3, -0.25) is 4.79 Å². The average Bonchev–Trinajstić information content (AvgIpc) is 2.86. The topological polar surface area (TPSA) is 57.8 Å². The first-order valence-electron chi connectivity index (χ1n) is 6.00. The number of rotatable bonds is 4. The number of anilines is 1. The van der Waals surface area contributed by atoms with E-state index in [9.17, 15) is 4.79 Å². The van der Waals surface area contributed by atoms with E-state index in [0.29, 0.717) is 12.8 Å². The van der Waals surface area contributed by atoms with Crippen LogP contribution in [0.5, 0.6) is 0 Å². The maximum Gasteiger partial charge on any atom is 0.224 e. The molecule has 4 heteroatoms. The van der Waals surface area contributed by atoms with Crippen LogP contribution in [0.2, 0.25) is 0 Å². The number of benzene rings is 1. The van der Waals surface area contributed by atoms with Gasteiger partial charge in [0.15, 0.2) is 0 Å². The molecule has 2 rings (SSSR count). The van der Waals surface area contributed by atoms with Gasteiger partial charge in [0.1, 0.15) is 0 Å². The minimum Gasteiger partial charge on any atom is -0.348 e. The quantitative estimate of drug-likeness (QED) is 0.867. The molecule has 1 amide bonds. The summed E-state index contributed by atoms with van der Waals surface area (Å²) in [6, 6.07) is 5.92. The summed E-state index contributed by atoms with van der Waals surface area (Å²) in [5.41, 5.74) is 4.17. The number of aromatic amines is 1. The summed E-state index contributed by atoms with van der Waals surface area (Å²) in [5, 5.41) is 2.94. The number of nitrogens with one attached hydrogen (secondary N) is 2. The number of aromatic nitrogens is 2. The minimum atomic E-state index is 0.0262. The third-order valence-corrected chi connectivity index (χ3v) is 3.05. The molecule has 0 saturated carbocycles. The van der Waals surface area contributed by atoms with Crippen molar-refractivity contribution in [1.82, 2.24) is 9.97 Å². The summed E-state index contributed by atoms with van der Waals surface area (Å²) in [6.45, 7) is 4.05. The molecule has 2 aromatic rings. The molecule has 0 aliphatic rings. The average molecular weight is 243 g/mol. The Morgan fingerprint density at radius 2 is 2.22 bits per heavy atom. The first kappa shape index (κ1) is 12.4.